The molecule has 0 bridgehead atoms. The van der Waals surface area contributed by atoms with Crippen molar-refractivity contribution in [2.45, 2.75) is 45.2 Å². The van der Waals surface area contributed by atoms with E-state index in [2.05, 4.69) is 31.2 Å². The quantitative estimate of drug-likeness (QED) is 0.644. The number of hydrogen-bond donors (Lipinski definition) is 3. The Hall–Kier alpha value is -2.35. The first-order chi connectivity index (χ1) is 13.2. The molecular formula is C20H25BrN4O3. The lowest BCUT2D eigenvalue weighted by Gasteiger charge is -2.36. The normalized spacial score (nSPS) is 20.4. The van der Waals surface area contributed by atoms with Crippen LogP contribution in [0, 0.1) is 5.92 Å². The molecule has 2 unspecified atom stereocenters. The summed E-state index contributed by atoms with van der Waals surface area (Å²) >= 11 is 3.43. The number of likely N-dealkylation sites (tertiary alicyclic amines) is 1. The van der Waals surface area contributed by atoms with Crippen LogP contribution in [0.2, 0.25) is 0 Å². The predicted octanol–water partition coefficient (Wildman–Crippen LogP) is 3.97. The minimum atomic E-state index is -1.19. The molecule has 3 N–H and O–H groups in total. The highest BCUT2D eigenvalue weighted by molar-refractivity contribution is 9.10. The van der Waals surface area contributed by atoms with Gasteiger partial charge in [0.2, 0.25) is 5.91 Å². The Labute approximate surface area is 172 Å². The van der Waals surface area contributed by atoms with Crippen LogP contribution in [0.5, 0.6) is 0 Å². The molecule has 0 aliphatic carbocycles. The molecule has 0 saturated carbocycles. The highest BCUT2D eigenvalue weighted by atomic mass is 79.9. The lowest BCUT2D eigenvalue weighted by Crippen LogP contribution is -2.54. The summed E-state index contributed by atoms with van der Waals surface area (Å²) in [4.78, 5) is 34.0. The van der Waals surface area contributed by atoms with Crippen molar-refractivity contribution in [2.75, 3.05) is 6.54 Å². The van der Waals surface area contributed by atoms with E-state index >= 15 is 0 Å². The number of carbonyl (C=O) groups excluding carboxylic acids is 1. The van der Waals surface area contributed by atoms with Gasteiger partial charge in [-0.3, -0.25) is 4.79 Å². The molecule has 8 heteroatoms. The number of imidazole rings is 1. The van der Waals surface area contributed by atoms with Crippen LogP contribution in [0.15, 0.2) is 34.9 Å². The second kappa shape index (κ2) is 7.95. The van der Waals surface area contributed by atoms with Crippen molar-refractivity contribution in [3.05, 3.63) is 40.8 Å². The van der Waals surface area contributed by atoms with Crippen molar-refractivity contribution < 1.29 is 14.7 Å². The number of nitrogens with one attached hydrogen (secondary N) is 2. The molecule has 1 aliphatic heterocycles. The van der Waals surface area contributed by atoms with Gasteiger partial charge in [0.1, 0.15) is 11.9 Å². The van der Waals surface area contributed by atoms with Crippen molar-refractivity contribution in [3.63, 3.8) is 0 Å². The number of amides is 2. The van der Waals surface area contributed by atoms with Gasteiger partial charge in [0.15, 0.2) is 0 Å². The number of H-pyrrole nitrogens is 1. The number of rotatable bonds is 5. The third-order valence-corrected chi connectivity index (χ3v) is 5.89. The SMILES string of the molecule is CC(C)C(NC(=O)O)C(=O)N1CCCC1(C)c1ncc(-c2ccc(Br)cc2)[nH]1. The highest BCUT2D eigenvalue weighted by Gasteiger charge is 2.45. The molecule has 2 heterocycles. The molecule has 28 heavy (non-hydrogen) atoms. The Morgan fingerprint density at radius 2 is 2.00 bits per heavy atom. The number of nitrogens with zero attached hydrogens (tertiary/aromatic N) is 2. The number of benzene rings is 1. The van der Waals surface area contributed by atoms with Crippen molar-refractivity contribution in [3.8, 4) is 11.3 Å². The lowest BCUT2D eigenvalue weighted by molar-refractivity contribution is -0.138. The number of halogens is 1. The van der Waals surface area contributed by atoms with E-state index in [0.717, 1.165) is 28.6 Å². The molecule has 1 aromatic carbocycles. The first-order valence-electron chi connectivity index (χ1n) is 9.35. The van der Waals surface area contributed by atoms with Crippen LogP contribution >= 0.6 is 15.9 Å². The lowest BCUT2D eigenvalue weighted by atomic mass is 9.95. The van der Waals surface area contributed by atoms with Crippen LogP contribution in [0.4, 0.5) is 4.79 Å². The molecule has 1 aromatic heterocycles. The third-order valence-electron chi connectivity index (χ3n) is 5.36. The molecule has 0 spiro atoms. The Morgan fingerprint density at radius 1 is 1.32 bits per heavy atom. The summed E-state index contributed by atoms with van der Waals surface area (Å²) < 4.78 is 1.00. The summed E-state index contributed by atoms with van der Waals surface area (Å²) in [7, 11) is 0. The molecule has 150 valence electrons. The van der Waals surface area contributed by atoms with E-state index in [1.807, 2.05) is 45.0 Å². The minimum absolute atomic E-state index is 0.150. The van der Waals surface area contributed by atoms with E-state index in [1.165, 1.54) is 0 Å². The van der Waals surface area contributed by atoms with Crippen molar-refractivity contribution in [2.24, 2.45) is 5.92 Å². The fourth-order valence-corrected chi connectivity index (χ4v) is 4.01. The van der Waals surface area contributed by atoms with Crippen LogP contribution in [-0.2, 0) is 10.3 Å². The summed E-state index contributed by atoms with van der Waals surface area (Å²) in [6, 6.07) is 7.14. The summed E-state index contributed by atoms with van der Waals surface area (Å²) in [5, 5.41) is 11.5. The van der Waals surface area contributed by atoms with Gasteiger partial charge < -0.3 is 20.3 Å². The van der Waals surface area contributed by atoms with Gasteiger partial charge in [0.05, 0.1) is 17.4 Å². The van der Waals surface area contributed by atoms with Gasteiger partial charge in [-0.25, -0.2) is 9.78 Å². The van der Waals surface area contributed by atoms with E-state index in [1.54, 1.807) is 11.1 Å². The van der Waals surface area contributed by atoms with Gasteiger partial charge in [-0.05, 0) is 43.4 Å². The fourth-order valence-electron chi connectivity index (χ4n) is 3.75. The number of aromatic amines is 1. The van der Waals surface area contributed by atoms with Gasteiger partial charge in [0, 0.05) is 11.0 Å². The molecule has 1 saturated heterocycles. The minimum Gasteiger partial charge on any atom is -0.465 e. The summed E-state index contributed by atoms with van der Waals surface area (Å²) in [6.45, 7) is 6.24. The first-order valence-corrected chi connectivity index (χ1v) is 10.1. The predicted molar refractivity (Wildman–Crippen MR) is 110 cm³/mol. The zero-order chi connectivity index (χ0) is 20.5. The summed E-state index contributed by atoms with van der Waals surface area (Å²) in [5.41, 5.74) is 1.29. The van der Waals surface area contributed by atoms with E-state index in [-0.39, 0.29) is 11.8 Å². The Balaban J connectivity index is 1.89. The molecule has 7 nitrogen and oxygen atoms in total. The first kappa shape index (κ1) is 20.4. The Kier molecular flexibility index (Phi) is 5.79. The monoisotopic (exact) mass is 448 g/mol. The number of carboxylic acid groups (broad SMARTS) is 1. The number of carbonyl (C=O) groups is 2. The highest BCUT2D eigenvalue weighted by Crippen LogP contribution is 2.38. The van der Waals surface area contributed by atoms with E-state index in [0.29, 0.717) is 12.4 Å². The summed E-state index contributed by atoms with van der Waals surface area (Å²) in [5.74, 6) is 0.358. The Morgan fingerprint density at radius 3 is 2.61 bits per heavy atom. The maximum atomic E-state index is 13.2. The fraction of sp³-hybridized carbons (Fsp3) is 0.450. The van der Waals surface area contributed by atoms with Crippen molar-refractivity contribution >= 4 is 27.9 Å². The van der Waals surface area contributed by atoms with Crippen LogP contribution < -0.4 is 5.32 Å². The average Bonchev–Trinajstić information content (AvgIpc) is 3.27. The van der Waals surface area contributed by atoms with Gasteiger partial charge >= 0.3 is 6.09 Å². The van der Waals surface area contributed by atoms with E-state index in [9.17, 15) is 9.59 Å². The van der Waals surface area contributed by atoms with Crippen LogP contribution in [-0.4, -0.2) is 44.6 Å². The molecule has 1 fully saturated rings. The zero-order valence-electron chi connectivity index (χ0n) is 16.2. The molecule has 2 aromatic rings. The molecule has 3 rings (SSSR count). The van der Waals surface area contributed by atoms with Gasteiger partial charge in [-0.2, -0.15) is 0 Å². The maximum absolute atomic E-state index is 13.2. The van der Waals surface area contributed by atoms with Crippen LogP contribution in [0.25, 0.3) is 11.3 Å². The number of aromatic nitrogens is 2. The second-order valence-corrected chi connectivity index (χ2v) is 8.61. The molecule has 1 aliphatic rings. The van der Waals surface area contributed by atoms with Crippen molar-refractivity contribution in [1.29, 1.82) is 0 Å². The van der Waals surface area contributed by atoms with Gasteiger partial charge in [-0.15, -0.1) is 0 Å². The Bertz CT molecular complexity index is 865. The van der Waals surface area contributed by atoms with Crippen LogP contribution in [0.3, 0.4) is 0 Å². The van der Waals surface area contributed by atoms with Gasteiger partial charge in [-0.1, -0.05) is 41.9 Å². The molecule has 0 radical (unpaired) electrons. The second-order valence-electron chi connectivity index (χ2n) is 7.69. The summed E-state index contributed by atoms with van der Waals surface area (Å²) in [6.07, 6.45) is 2.20. The van der Waals surface area contributed by atoms with E-state index < -0.39 is 17.7 Å². The van der Waals surface area contributed by atoms with Gasteiger partial charge in [0.25, 0.3) is 0 Å². The van der Waals surface area contributed by atoms with Crippen molar-refractivity contribution in [1.82, 2.24) is 20.2 Å². The molecule has 2 atom stereocenters. The average molecular weight is 449 g/mol. The van der Waals surface area contributed by atoms with Crippen LogP contribution in [0.1, 0.15) is 39.4 Å². The number of hydrogen-bond acceptors (Lipinski definition) is 3. The maximum Gasteiger partial charge on any atom is 0.405 e. The molecular weight excluding hydrogens is 424 g/mol. The van der Waals surface area contributed by atoms with E-state index in [4.69, 9.17) is 5.11 Å². The largest absolute Gasteiger partial charge is 0.465 e. The topological polar surface area (TPSA) is 98.3 Å². The third kappa shape index (κ3) is 3.92. The standard InChI is InChI=1S/C20H25BrN4O3/c1-12(2)16(24-19(27)28)17(26)25-10-4-9-20(25,3)18-22-11-15(23-18)13-5-7-14(21)8-6-13/h5-8,11-12,16,24H,4,9-10H2,1-3H3,(H,22,23)(H,27,28). The smallest absolute Gasteiger partial charge is 0.405 e. The molecule has 2 amide bonds. The zero-order valence-corrected chi connectivity index (χ0v) is 17.8.